The summed E-state index contributed by atoms with van der Waals surface area (Å²) in [5.41, 5.74) is 7.34. The molecule has 3 nitrogen and oxygen atoms in total. The van der Waals surface area contributed by atoms with Gasteiger partial charge in [-0.15, -0.1) is 0 Å². The molecule has 0 aliphatic heterocycles. The number of benzene rings is 1. The number of rotatable bonds is 5. The van der Waals surface area contributed by atoms with Gasteiger partial charge in [0.15, 0.2) is 0 Å². The Bertz CT molecular complexity index is 455. The zero-order chi connectivity index (χ0) is 13.8. The minimum Gasteiger partial charge on any atom is -0.391 e. The first-order valence-corrected chi connectivity index (χ1v) is 6.39. The van der Waals surface area contributed by atoms with E-state index in [2.05, 4.69) is 5.32 Å². The molecular weight excluding hydrogens is 244 g/mol. The van der Waals surface area contributed by atoms with Crippen LogP contribution in [0.5, 0.6) is 0 Å². The minimum atomic E-state index is -0.627. The number of amides is 1. The third-order valence-electron chi connectivity index (χ3n) is 2.95. The number of aryl methyl sites for hydroxylation is 2. The number of nitrogens with one attached hydrogen (secondary N) is 1. The summed E-state index contributed by atoms with van der Waals surface area (Å²) < 4.78 is 0. The molecule has 0 heterocycles. The number of hydrogen-bond acceptors (Lipinski definition) is 2. The van der Waals surface area contributed by atoms with E-state index in [0.717, 1.165) is 6.42 Å². The maximum atomic E-state index is 11.8. The third kappa shape index (κ3) is 4.11. The number of carbonyl (C=O) groups excluding carboxylic acids is 1. The molecule has 0 atom stereocenters. The molecule has 1 aromatic carbocycles. The summed E-state index contributed by atoms with van der Waals surface area (Å²) in [5, 5.41) is 2.84. The van der Waals surface area contributed by atoms with Crippen LogP contribution in [-0.2, 0) is 11.2 Å². The number of thiocarbonyl (C=S) groups is 1. The summed E-state index contributed by atoms with van der Waals surface area (Å²) in [4.78, 5) is 12.1. The van der Waals surface area contributed by atoms with E-state index < -0.39 is 5.54 Å². The SMILES string of the molecule is Cc1ccccc1CCC(=O)NC(C)(C)C(N)=S. The number of carbonyl (C=O) groups is 1. The molecule has 1 rings (SSSR count). The Morgan fingerprint density at radius 1 is 1.39 bits per heavy atom. The van der Waals surface area contributed by atoms with E-state index in [9.17, 15) is 4.79 Å². The van der Waals surface area contributed by atoms with Crippen LogP contribution in [0.15, 0.2) is 24.3 Å². The second-order valence-electron chi connectivity index (χ2n) is 4.96. The molecule has 98 valence electrons. The van der Waals surface area contributed by atoms with Crippen molar-refractivity contribution in [1.82, 2.24) is 5.32 Å². The van der Waals surface area contributed by atoms with Crippen LogP contribution in [0.4, 0.5) is 0 Å². The first-order valence-electron chi connectivity index (χ1n) is 5.98. The van der Waals surface area contributed by atoms with Crippen molar-refractivity contribution in [1.29, 1.82) is 0 Å². The maximum absolute atomic E-state index is 11.8. The Balaban J connectivity index is 2.53. The van der Waals surface area contributed by atoms with E-state index in [-0.39, 0.29) is 5.91 Å². The molecule has 4 heteroatoms. The second-order valence-corrected chi connectivity index (χ2v) is 5.40. The smallest absolute Gasteiger partial charge is 0.221 e. The quantitative estimate of drug-likeness (QED) is 0.801. The highest BCUT2D eigenvalue weighted by atomic mass is 32.1. The molecule has 0 unspecified atom stereocenters. The van der Waals surface area contributed by atoms with Crippen LogP contribution in [0.3, 0.4) is 0 Å². The summed E-state index contributed by atoms with van der Waals surface area (Å²) in [6.07, 6.45) is 1.17. The van der Waals surface area contributed by atoms with Gasteiger partial charge in [-0.25, -0.2) is 0 Å². The molecule has 0 spiro atoms. The molecule has 0 fully saturated rings. The van der Waals surface area contributed by atoms with Crippen LogP contribution in [0.1, 0.15) is 31.4 Å². The fourth-order valence-electron chi connectivity index (χ4n) is 1.61. The molecule has 0 aromatic heterocycles. The lowest BCUT2D eigenvalue weighted by atomic mass is 10.0. The molecule has 0 aliphatic rings. The molecule has 3 N–H and O–H groups in total. The van der Waals surface area contributed by atoms with Crippen LogP contribution in [0.25, 0.3) is 0 Å². The van der Waals surface area contributed by atoms with Gasteiger partial charge < -0.3 is 11.1 Å². The van der Waals surface area contributed by atoms with Crippen LogP contribution >= 0.6 is 12.2 Å². The standard InChI is InChI=1S/C14H20N2OS/c1-10-6-4-5-7-11(10)8-9-12(17)16-14(2,3)13(15)18/h4-7H,8-9H2,1-3H3,(H2,15,18)(H,16,17). The van der Waals surface area contributed by atoms with Gasteiger partial charge >= 0.3 is 0 Å². The van der Waals surface area contributed by atoms with E-state index >= 15 is 0 Å². The van der Waals surface area contributed by atoms with Crippen molar-refractivity contribution < 1.29 is 4.79 Å². The Kier molecular flexibility index (Phi) is 4.84. The highest BCUT2D eigenvalue weighted by molar-refractivity contribution is 7.80. The van der Waals surface area contributed by atoms with Gasteiger partial charge in [-0.05, 0) is 38.3 Å². The van der Waals surface area contributed by atoms with Crippen LogP contribution in [0, 0.1) is 6.92 Å². The molecule has 0 aliphatic carbocycles. The van der Waals surface area contributed by atoms with E-state index in [1.54, 1.807) is 13.8 Å². The lowest BCUT2D eigenvalue weighted by Gasteiger charge is -2.24. The molecule has 0 saturated carbocycles. The fraction of sp³-hybridized carbons (Fsp3) is 0.429. The van der Waals surface area contributed by atoms with Gasteiger partial charge in [0, 0.05) is 6.42 Å². The predicted molar refractivity (Wildman–Crippen MR) is 78.5 cm³/mol. The molecular formula is C14H20N2OS. The summed E-state index contributed by atoms with van der Waals surface area (Å²) >= 11 is 4.91. The molecule has 18 heavy (non-hydrogen) atoms. The summed E-state index contributed by atoms with van der Waals surface area (Å²) in [6.45, 7) is 5.66. The Morgan fingerprint density at radius 3 is 2.56 bits per heavy atom. The summed E-state index contributed by atoms with van der Waals surface area (Å²) in [5.74, 6) is -0.0314. The highest BCUT2D eigenvalue weighted by Gasteiger charge is 2.23. The lowest BCUT2D eigenvalue weighted by molar-refractivity contribution is -0.122. The number of hydrogen-bond donors (Lipinski definition) is 2. The third-order valence-corrected chi connectivity index (χ3v) is 3.46. The van der Waals surface area contributed by atoms with E-state index in [0.29, 0.717) is 11.4 Å². The average molecular weight is 264 g/mol. The van der Waals surface area contributed by atoms with Gasteiger partial charge in [0.05, 0.1) is 10.5 Å². The molecule has 1 amide bonds. The van der Waals surface area contributed by atoms with E-state index in [1.165, 1.54) is 11.1 Å². The van der Waals surface area contributed by atoms with Crippen molar-refractivity contribution in [2.24, 2.45) is 5.73 Å². The monoisotopic (exact) mass is 264 g/mol. The van der Waals surface area contributed by atoms with Gasteiger partial charge in [-0.2, -0.15) is 0 Å². The Labute approximate surface area is 114 Å². The van der Waals surface area contributed by atoms with Crippen molar-refractivity contribution in [3.63, 3.8) is 0 Å². The van der Waals surface area contributed by atoms with Crippen LogP contribution < -0.4 is 11.1 Å². The Morgan fingerprint density at radius 2 is 2.00 bits per heavy atom. The van der Waals surface area contributed by atoms with Gasteiger partial charge in [-0.3, -0.25) is 4.79 Å². The van der Waals surface area contributed by atoms with Gasteiger partial charge in [0.2, 0.25) is 5.91 Å². The van der Waals surface area contributed by atoms with Crippen LogP contribution in [0.2, 0.25) is 0 Å². The topological polar surface area (TPSA) is 55.1 Å². The van der Waals surface area contributed by atoms with Crippen LogP contribution in [-0.4, -0.2) is 16.4 Å². The van der Waals surface area contributed by atoms with Gasteiger partial charge in [0.25, 0.3) is 0 Å². The predicted octanol–water partition coefficient (Wildman–Crippen LogP) is 2.11. The normalized spacial score (nSPS) is 11.1. The van der Waals surface area contributed by atoms with Gasteiger partial charge in [0.1, 0.15) is 0 Å². The fourth-order valence-corrected chi connectivity index (χ4v) is 1.66. The zero-order valence-electron chi connectivity index (χ0n) is 11.1. The van der Waals surface area contributed by atoms with Crippen molar-refractivity contribution >= 4 is 23.1 Å². The summed E-state index contributed by atoms with van der Waals surface area (Å²) in [7, 11) is 0. The number of nitrogens with two attached hydrogens (primary N) is 1. The second kappa shape index (κ2) is 5.96. The maximum Gasteiger partial charge on any atom is 0.221 e. The first-order chi connectivity index (χ1) is 8.33. The lowest BCUT2D eigenvalue weighted by Crippen LogP contribution is -2.52. The van der Waals surface area contributed by atoms with Crippen molar-refractivity contribution in [2.45, 2.75) is 39.2 Å². The van der Waals surface area contributed by atoms with Crippen molar-refractivity contribution in [2.75, 3.05) is 0 Å². The molecule has 0 saturated heterocycles. The van der Waals surface area contributed by atoms with Crippen molar-refractivity contribution in [3.8, 4) is 0 Å². The minimum absolute atomic E-state index is 0.0314. The largest absolute Gasteiger partial charge is 0.391 e. The highest BCUT2D eigenvalue weighted by Crippen LogP contribution is 2.10. The molecule has 1 aromatic rings. The molecule has 0 bridgehead atoms. The first kappa shape index (κ1) is 14.6. The summed E-state index contributed by atoms with van der Waals surface area (Å²) in [6, 6.07) is 8.07. The zero-order valence-corrected chi connectivity index (χ0v) is 11.9. The van der Waals surface area contributed by atoms with Crippen molar-refractivity contribution in [3.05, 3.63) is 35.4 Å². The van der Waals surface area contributed by atoms with E-state index in [4.69, 9.17) is 18.0 Å². The molecule has 0 radical (unpaired) electrons. The average Bonchev–Trinajstić information content (AvgIpc) is 2.27. The van der Waals surface area contributed by atoms with E-state index in [1.807, 2.05) is 31.2 Å². The van der Waals surface area contributed by atoms with Gasteiger partial charge in [-0.1, -0.05) is 36.5 Å². The Hall–Kier alpha value is -1.42.